The quantitative estimate of drug-likeness (QED) is 0.504. The van der Waals surface area contributed by atoms with Crippen LogP contribution in [0, 0.1) is 13.8 Å². The Balaban J connectivity index is 1.67. The number of hydrogen-bond acceptors (Lipinski definition) is 5. The van der Waals surface area contributed by atoms with E-state index in [1.54, 1.807) is 36.4 Å². The lowest BCUT2D eigenvalue weighted by Crippen LogP contribution is -2.08. The lowest BCUT2D eigenvalue weighted by molar-refractivity contribution is 0.0735. The number of benzene rings is 2. The summed E-state index contributed by atoms with van der Waals surface area (Å²) >= 11 is 3.34. The van der Waals surface area contributed by atoms with E-state index in [9.17, 15) is 4.79 Å². The second-order valence-electron chi connectivity index (χ2n) is 5.52. The molecule has 0 aliphatic rings. The van der Waals surface area contributed by atoms with E-state index in [4.69, 9.17) is 4.74 Å². The summed E-state index contributed by atoms with van der Waals surface area (Å²) in [7, 11) is 0. The molecule has 0 spiro atoms. The number of aryl methyl sites for hydroxylation is 2. The molecular weight excluding hydrogens is 382 g/mol. The third-order valence-corrected chi connectivity index (χ3v) is 3.91. The molecule has 5 nitrogen and oxygen atoms in total. The van der Waals surface area contributed by atoms with E-state index in [-0.39, 0.29) is 0 Å². The Kier molecular flexibility index (Phi) is 5.09. The van der Waals surface area contributed by atoms with E-state index in [0.29, 0.717) is 17.3 Å². The highest BCUT2D eigenvalue weighted by Crippen LogP contribution is 2.20. The minimum atomic E-state index is -0.397. The molecule has 3 rings (SSSR count). The molecule has 1 N–H and O–H groups in total. The molecule has 0 saturated heterocycles. The zero-order valence-corrected chi connectivity index (χ0v) is 15.4. The molecule has 2 aromatic carbocycles. The van der Waals surface area contributed by atoms with Crippen molar-refractivity contribution >= 4 is 33.5 Å². The third kappa shape index (κ3) is 4.64. The fraction of sp³-hybridized carbons (Fsp3) is 0.105. The summed E-state index contributed by atoms with van der Waals surface area (Å²) in [6, 6.07) is 16.0. The van der Waals surface area contributed by atoms with Gasteiger partial charge in [0, 0.05) is 21.5 Å². The van der Waals surface area contributed by atoms with Crippen molar-refractivity contribution in [3.8, 4) is 5.75 Å². The van der Waals surface area contributed by atoms with Crippen molar-refractivity contribution in [3.05, 3.63) is 76.0 Å². The second kappa shape index (κ2) is 7.44. The first-order valence-electron chi connectivity index (χ1n) is 7.67. The fourth-order valence-corrected chi connectivity index (χ4v) is 2.53. The van der Waals surface area contributed by atoms with E-state index in [0.717, 1.165) is 21.5 Å². The van der Waals surface area contributed by atoms with Gasteiger partial charge in [-0.15, -0.1) is 0 Å². The monoisotopic (exact) mass is 397 g/mol. The molecular formula is C19H16BrN3O2. The first-order valence-corrected chi connectivity index (χ1v) is 8.46. The molecule has 0 atom stereocenters. The summed E-state index contributed by atoms with van der Waals surface area (Å²) in [5.74, 6) is 0.614. The first kappa shape index (κ1) is 17.1. The van der Waals surface area contributed by atoms with Gasteiger partial charge in [0.15, 0.2) is 0 Å². The molecule has 3 aromatic rings. The van der Waals surface area contributed by atoms with Crippen LogP contribution in [0.2, 0.25) is 0 Å². The van der Waals surface area contributed by atoms with Gasteiger partial charge in [-0.3, -0.25) is 0 Å². The van der Waals surface area contributed by atoms with Crippen LogP contribution in [0.15, 0.2) is 59.1 Å². The standard InChI is InChI=1S/C19H16BrN3O2/c1-12-11-13(2)22-19(21-12)23-16-7-9-17(10-8-16)25-18(24)14-3-5-15(20)6-4-14/h3-11H,1-2H3,(H,21,22,23). The highest BCUT2D eigenvalue weighted by molar-refractivity contribution is 9.10. The number of hydrogen-bond donors (Lipinski definition) is 1. The van der Waals surface area contributed by atoms with Crippen LogP contribution in [0.3, 0.4) is 0 Å². The molecule has 1 heterocycles. The molecule has 0 fully saturated rings. The van der Waals surface area contributed by atoms with Crippen LogP contribution in [-0.2, 0) is 0 Å². The number of aromatic nitrogens is 2. The van der Waals surface area contributed by atoms with E-state index in [1.807, 2.05) is 32.0 Å². The summed E-state index contributed by atoms with van der Waals surface area (Å²) < 4.78 is 6.28. The summed E-state index contributed by atoms with van der Waals surface area (Å²) in [5.41, 5.74) is 3.10. The molecule has 0 amide bonds. The lowest BCUT2D eigenvalue weighted by atomic mass is 10.2. The van der Waals surface area contributed by atoms with Gasteiger partial charge in [-0.2, -0.15) is 0 Å². The zero-order chi connectivity index (χ0) is 17.8. The topological polar surface area (TPSA) is 64.1 Å². The number of carbonyl (C=O) groups is 1. The lowest BCUT2D eigenvalue weighted by Gasteiger charge is -2.08. The Morgan fingerprint density at radius 2 is 1.56 bits per heavy atom. The maximum Gasteiger partial charge on any atom is 0.343 e. The number of rotatable bonds is 4. The van der Waals surface area contributed by atoms with Crippen molar-refractivity contribution < 1.29 is 9.53 Å². The van der Waals surface area contributed by atoms with Gasteiger partial charge < -0.3 is 10.1 Å². The van der Waals surface area contributed by atoms with E-state index in [2.05, 4.69) is 31.2 Å². The van der Waals surface area contributed by atoms with Crippen molar-refractivity contribution in [1.29, 1.82) is 0 Å². The van der Waals surface area contributed by atoms with Gasteiger partial charge in [0.1, 0.15) is 5.75 Å². The predicted molar refractivity (Wildman–Crippen MR) is 100 cm³/mol. The second-order valence-corrected chi connectivity index (χ2v) is 6.44. The van der Waals surface area contributed by atoms with Gasteiger partial charge in [0.25, 0.3) is 0 Å². The molecule has 0 aliphatic heterocycles. The van der Waals surface area contributed by atoms with Crippen molar-refractivity contribution in [3.63, 3.8) is 0 Å². The molecule has 6 heteroatoms. The number of halogens is 1. The number of anilines is 2. The number of ether oxygens (including phenoxy) is 1. The molecule has 0 saturated carbocycles. The Hall–Kier alpha value is -2.73. The molecule has 1 aromatic heterocycles. The van der Waals surface area contributed by atoms with Crippen LogP contribution < -0.4 is 10.1 Å². The Labute approximate surface area is 154 Å². The van der Waals surface area contributed by atoms with Gasteiger partial charge in [-0.1, -0.05) is 15.9 Å². The summed E-state index contributed by atoms with van der Waals surface area (Å²) in [6.45, 7) is 3.84. The summed E-state index contributed by atoms with van der Waals surface area (Å²) in [6.07, 6.45) is 0. The van der Waals surface area contributed by atoms with Crippen LogP contribution in [0.1, 0.15) is 21.7 Å². The molecule has 25 heavy (non-hydrogen) atoms. The van der Waals surface area contributed by atoms with E-state index < -0.39 is 5.97 Å². The Bertz CT molecular complexity index is 873. The van der Waals surface area contributed by atoms with Gasteiger partial charge in [0.2, 0.25) is 5.95 Å². The average Bonchev–Trinajstić information content (AvgIpc) is 2.56. The van der Waals surface area contributed by atoms with Crippen LogP contribution in [0.5, 0.6) is 5.75 Å². The minimum Gasteiger partial charge on any atom is -0.423 e. The summed E-state index contributed by atoms with van der Waals surface area (Å²) in [5, 5.41) is 3.14. The Morgan fingerprint density at radius 1 is 0.960 bits per heavy atom. The smallest absolute Gasteiger partial charge is 0.343 e. The molecule has 0 radical (unpaired) electrons. The van der Waals surface area contributed by atoms with Gasteiger partial charge >= 0.3 is 5.97 Å². The molecule has 0 aliphatic carbocycles. The van der Waals surface area contributed by atoms with Gasteiger partial charge in [-0.25, -0.2) is 14.8 Å². The minimum absolute atomic E-state index is 0.397. The van der Waals surface area contributed by atoms with Gasteiger partial charge in [0.05, 0.1) is 5.56 Å². The van der Waals surface area contributed by atoms with Gasteiger partial charge in [-0.05, 0) is 68.4 Å². The number of nitrogens with one attached hydrogen (secondary N) is 1. The normalized spacial score (nSPS) is 10.4. The van der Waals surface area contributed by atoms with Crippen LogP contribution >= 0.6 is 15.9 Å². The largest absolute Gasteiger partial charge is 0.423 e. The molecule has 0 bridgehead atoms. The SMILES string of the molecule is Cc1cc(C)nc(Nc2ccc(OC(=O)c3ccc(Br)cc3)cc2)n1. The average molecular weight is 398 g/mol. The maximum atomic E-state index is 12.1. The van der Waals surface area contributed by atoms with E-state index >= 15 is 0 Å². The van der Waals surface area contributed by atoms with Crippen molar-refractivity contribution in [1.82, 2.24) is 9.97 Å². The first-order chi connectivity index (χ1) is 12.0. The highest BCUT2D eigenvalue weighted by atomic mass is 79.9. The van der Waals surface area contributed by atoms with Crippen molar-refractivity contribution in [2.45, 2.75) is 13.8 Å². The van der Waals surface area contributed by atoms with Crippen molar-refractivity contribution in [2.24, 2.45) is 0 Å². The maximum absolute atomic E-state index is 12.1. The number of nitrogens with zero attached hydrogens (tertiary/aromatic N) is 2. The summed E-state index contributed by atoms with van der Waals surface area (Å²) in [4.78, 5) is 20.8. The predicted octanol–water partition coefficient (Wildman–Crippen LogP) is 4.82. The van der Waals surface area contributed by atoms with E-state index in [1.165, 1.54) is 0 Å². The van der Waals surface area contributed by atoms with Crippen LogP contribution in [0.4, 0.5) is 11.6 Å². The number of esters is 1. The number of carbonyl (C=O) groups excluding carboxylic acids is 1. The van der Waals surface area contributed by atoms with Crippen molar-refractivity contribution in [2.75, 3.05) is 5.32 Å². The molecule has 0 unspecified atom stereocenters. The van der Waals surface area contributed by atoms with Crippen LogP contribution in [0.25, 0.3) is 0 Å². The molecule has 126 valence electrons. The highest BCUT2D eigenvalue weighted by Gasteiger charge is 2.08. The zero-order valence-electron chi connectivity index (χ0n) is 13.8. The fourth-order valence-electron chi connectivity index (χ4n) is 2.27. The van der Waals surface area contributed by atoms with Crippen LogP contribution in [-0.4, -0.2) is 15.9 Å². The Morgan fingerprint density at radius 3 is 2.16 bits per heavy atom. The third-order valence-electron chi connectivity index (χ3n) is 3.38.